The Bertz CT molecular complexity index is 1670. The van der Waals surface area contributed by atoms with Crippen molar-refractivity contribution in [2.24, 2.45) is 11.7 Å². The minimum absolute atomic E-state index is 0.0239. The van der Waals surface area contributed by atoms with Crippen LogP contribution in [0, 0.1) is 11.3 Å². The molecule has 0 aliphatic heterocycles. The van der Waals surface area contributed by atoms with Gasteiger partial charge >= 0.3 is 21.6 Å². The number of nitrogens with one attached hydrogen (secondary N) is 3. The molecule has 228 valence electrons. The number of nitrogen functional groups attached to an aromatic ring is 1. The molecule has 15 heteroatoms. The Morgan fingerprint density at radius 1 is 0.907 bits per heavy atom. The molecule has 0 radical (unpaired) electrons. The summed E-state index contributed by atoms with van der Waals surface area (Å²) in [4.78, 5) is 38.8. The molecule has 0 aliphatic rings. The van der Waals surface area contributed by atoms with Gasteiger partial charge in [-0.2, -0.15) is 21.6 Å². The number of nitrogens with two attached hydrogens (primary N) is 1. The maximum absolute atomic E-state index is 13.4. The van der Waals surface area contributed by atoms with Gasteiger partial charge in [-0.3, -0.25) is 15.0 Å². The first-order valence-electron chi connectivity index (χ1n) is 12.5. The number of hydrogen-bond acceptors (Lipinski definition) is 8. The van der Waals surface area contributed by atoms with Crippen LogP contribution >= 0.6 is 0 Å². The summed E-state index contributed by atoms with van der Waals surface area (Å²) < 4.78 is 71.3. The maximum Gasteiger partial charge on any atom is 0.534 e. The Labute approximate surface area is 244 Å². The summed E-state index contributed by atoms with van der Waals surface area (Å²) in [5.41, 5.74) is -0.170. The van der Waals surface area contributed by atoms with E-state index in [1.54, 1.807) is 0 Å². The summed E-state index contributed by atoms with van der Waals surface area (Å²) in [6.07, 6.45) is 0. The molecule has 3 rings (SSSR count). The van der Waals surface area contributed by atoms with Crippen LogP contribution in [0.3, 0.4) is 0 Å². The summed E-state index contributed by atoms with van der Waals surface area (Å²) in [7, 11) is -4.99. The van der Waals surface area contributed by atoms with Crippen LogP contribution in [0.15, 0.2) is 60.7 Å². The number of amides is 2. The summed E-state index contributed by atoms with van der Waals surface area (Å²) in [6, 6.07) is 12.4. The van der Waals surface area contributed by atoms with Crippen molar-refractivity contribution in [3.05, 3.63) is 82.9 Å². The number of rotatable bonds is 10. The third kappa shape index (κ3) is 7.88. The van der Waals surface area contributed by atoms with Gasteiger partial charge in [0.2, 0.25) is 0 Å². The van der Waals surface area contributed by atoms with Gasteiger partial charge in [0, 0.05) is 23.4 Å². The Hall–Kier alpha value is -4.92. The van der Waals surface area contributed by atoms with E-state index >= 15 is 0 Å². The Kier molecular flexibility index (Phi) is 9.81. The van der Waals surface area contributed by atoms with Crippen molar-refractivity contribution in [1.82, 2.24) is 5.32 Å². The zero-order valence-corrected chi connectivity index (χ0v) is 23.9. The van der Waals surface area contributed by atoms with Crippen molar-refractivity contribution in [2.75, 3.05) is 19.0 Å². The number of carbonyl (C=O) groups excluding carboxylic acids is 3. The number of hydrogen-bond donors (Lipinski definition) is 4. The number of esters is 1. The molecule has 0 aliphatic carbocycles. The molecule has 2 amide bonds. The number of methoxy groups -OCH3 is 1. The van der Waals surface area contributed by atoms with Gasteiger partial charge < -0.3 is 25.3 Å². The molecular formula is C28H27F3N4O7S. The molecule has 0 unspecified atom stereocenters. The Morgan fingerprint density at radius 3 is 2.05 bits per heavy atom. The summed E-state index contributed by atoms with van der Waals surface area (Å²) >= 11 is 0. The van der Waals surface area contributed by atoms with Crippen LogP contribution < -0.4 is 20.6 Å². The molecule has 0 aromatic heterocycles. The van der Waals surface area contributed by atoms with Crippen LogP contribution in [0.4, 0.5) is 18.9 Å². The SMILES string of the molecule is COC(=O)c1cc(C(=O)NCC(C)C)ccc1-c1ccc(OS(=O)(=O)C(F)(F)F)cc1C(=O)Nc1ccc(C(=N)N)cc1. The highest BCUT2D eigenvalue weighted by Crippen LogP contribution is 2.34. The summed E-state index contributed by atoms with van der Waals surface area (Å²) in [5.74, 6) is -3.21. The Balaban J connectivity index is 2.15. The normalized spacial score (nSPS) is 11.5. The number of amidine groups is 1. The fourth-order valence-electron chi connectivity index (χ4n) is 3.70. The smallest absolute Gasteiger partial charge is 0.465 e. The van der Waals surface area contributed by atoms with Gasteiger partial charge in [0.1, 0.15) is 11.6 Å². The number of halogens is 3. The predicted octanol–water partition coefficient (Wildman–Crippen LogP) is 4.29. The molecule has 0 spiro atoms. The number of alkyl halides is 3. The molecule has 3 aromatic rings. The second kappa shape index (κ2) is 12.9. The van der Waals surface area contributed by atoms with Crippen molar-refractivity contribution in [2.45, 2.75) is 19.4 Å². The predicted molar refractivity (Wildman–Crippen MR) is 151 cm³/mol. The minimum atomic E-state index is -6.08. The molecule has 5 N–H and O–H groups in total. The second-order valence-electron chi connectivity index (χ2n) is 9.49. The average Bonchev–Trinajstić information content (AvgIpc) is 2.94. The minimum Gasteiger partial charge on any atom is -0.465 e. The third-order valence-corrected chi connectivity index (χ3v) is 6.81. The first kappa shape index (κ1) is 32.6. The standard InChI is InChI=1S/C28H27F3N4O7S/c1-15(2)14-34-25(36)17-6-10-21(23(12-17)27(38)41-3)20-11-9-19(42-43(39,40)28(29,30)31)13-22(20)26(37)35-18-7-4-16(5-8-18)24(32)33/h4-13,15H,14H2,1-3H3,(H3,32,33)(H,34,36)(H,35,37). The highest BCUT2D eigenvalue weighted by molar-refractivity contribution is 7.88. The quantitative estimate of drug-likeness (QED) is 0.0853. The van der Waals surface area contributed by atoms with E-state index in [4.69, 9.17) is 15.9 Å². The molecule has 0 heterocycles. The van der Waals surface area contributed by atoms with Gasteiger partial charge in [-0.15, -0.1) is 0 Å². The fourth-order valence-corrected chi connectivity index (χ4v) is 4.15. The van der Waals surface area contributed by atoms with Crippen LogP contribution in [0.2, 0.25) is 0 Å². The average molecular weight is 621 g/mol. The Morgan fingerprint density at radius 2 is 1.49 bits per heavy atom. The van der Waals surface area contributed by atoms with E-state index in [9.17, 15) is 36.0 Å². The van der Waals surface area contributed by atoms with Crippen LogP contribution in [0.5, 0.6) is 5.75 Å². The topological polar surface area (TPSA) is 178 Å². The molecule has 0 atom stereocenters. The zero-order valence-electron chi connectivity index (χ0n) is 23.0. The molecule has 3 aromatic carbocycles. The largest absolute Gasteiger partial charge is 0.534 e. The van der Waals surface area contributed by atoms with E-state index in [0.717, 1.165) is 25.3 Å². The van der Waals surface area contributed by atoms with Crippen LogP contribution in [-0.2, 0) is 14.9 Å². The molecule has 43 heavy (non-hydrogen) atoms. The first-order valence-corrected chi connectivity index (χ1v) is 13.9. The lowest BCUT2D eigenvalue weighted by molar-refractivity contribution is -0.0500. The number of anilines is 1. The molecule has 11 nitrogen and oxygen atoms in total. The van der Waals surface area contributed by atoms with Gasteiger partial charge in [0.05, 0.1) is 18.2 Å². The molecule has 0 fully saturated rings. The number of ether oxygens (including phenoxy) is 1. The highest BCUT2D eigenvalue weighted by atomic mass is 32.2. The van der Waals surface area contributed by atoms with E-state index in [0.29, 0.717) is 12.1 Å². The highest BCUT2D eigenvalue weighted by Gasteiger charge is 2.48. The van der Waals surface area contributed by atoms with E-state index in [1.807, 2.05) is 13.8 Å². The fraction of sp³-hybridized carbons (Fsp3) is 0.214. The van der Waals surface area contributed by atoms with Crippen molar-refractivity contribution < 1.29 is 44.9 Å². The zero-order chi connectivity index (χ0) is 32.1. The number of carbonyl (C=O) groups is 3. The van der Waals surface area contributed by atoms with E-state index < -0.39 is 39.2 Å². The monoisotopic (exact) mass is 620 g/mol. The van der Waals surface area contributed by atoms with Crippen LogP contribution in [-0.4, -0.2) is 51.2 Å². The maximum atomic E-state index is 13.4. The molecule has 0 saturated carbocycles. The molecule has 0 saturated heterocycles. The number of benzene rings is 3. The van der Waals surface area contributed by atoms with Crippen LogP contribution in [0.25, 0.3) is 11.1 Å². The van der Waals surface area contributed by atoms with Crippen molar-refractivity contribution in [3.8, 4) is 16.9 Å². The van der Waals surface area contributed by atoms with E-state index in [2.05, 4.69) is 14.8 Å². The lowest BCUT2D eigenvalue weighted by Crippen LogP contribution is -2.28. The molecular weight excluding hydrogens is 593 g/mol. The summed E-state index contributed by atoms with van der Waals surface area (Å²) in [5, 5.41) is 12.7. The van der Waals surface area contributed by atoms with Crippen LogP contribution in [0.1, 0.15) is 50.5 Å². The van der Waals surface area contributed by atoms with Gasteiger partial charge in [-0.1, -0.05) is 19.9 Å². The van der Waals surface area contributed by atoms with Gasteiger partial charge in [0.25, 0.3) is 11.8 Å². The van der Waals surface area contributed by atoms with Gasteiger partial charge in [0.15, 0.2) is 0 Å². The second-order valence-corrected chi connectivity index (χ2v) is 11.0. The van der Waals surface area contributed by atoms with Crippen molar-refractivity contribution in [1.29, 1.82) is 5.41 Å². The van der Waals surface area contributed by atoms with E-state index in [1.165, 1.54) is 42.5 Å². The van der Waals surface area contributed by atoms with Gasteiger partial charge in [-0.25, -0.2) is 4.79 Å². The summed E-state index contributed by atoms with van der Waals surface area (Å²) in [6.45, 7) is 4.13. The van der Waals surface area contributed by atoms with Crippen molar-refractivity contribution in [3.63, 3.8) is 0 Å². The molecule has 0 bridgehead atoms. The lowest BCUT2D eigenvalue weighted by Gasteiger charge is -2.16. The van der Waals surface area contributed by atoms with Crippen molar-refractivity contribution >= 4 is 39.4 Å². The lowest BCUT2D eigenvalue weighted by atomic mass is 9.93. The van der Waals surface area contributed by atoms with E-state index in [-0.39, 0.29) is 45.3 Å². The third-order valence-electron chi connectivity index (χ3n) is 5.83. The van der Waals surface area contributed by atoms with Gasteiger partial charge in [-0.05, 0) is 71.6 Å². The first-order chi connectivity index (χ1) is 20.0.